The Hall–Kier alpha value is -1.69. The molecule has 1 aromatic heterocycles. The molecular weight excluding hydrogens is 358 g/mol. The summed E-state index contributed by atoms with van der Waals surface area (Å²) in [6.45, 7) is 9.71. The van der Waals surface area contributed by atoms with Crippen LogP contribution in [0.15, 0.2) is 34.9 Å². The summed E-state index contributed by atoms with van der Waals surface area (Å²) in [4.78, 5) is 12.1. The molecule has 0 N–H and O–H groups in total. The number of ether oxygens (including phenoxy) is 1. The van der Waals surface area contributed by atoms with E-state index in [1.165, 1.54) is 0 Å². The van der Waals surface area contributed by atoms with Gasteiger partial charge in [0.1, 0.15) is 5.60 Å². The number of hydrogen-bond acceptors (Lipinski definition) is 4. The molecule has 6 heteroatoms. The van der Waals surface area contributed by atoms with E-state index in [1.807, 2.05) is 45.0 Å². The summed E-state index contributed by atoms with van der Waals surface area (Å²) in [5.74, 6) is -0.161. The van der Waals surface area contributed by atoms with Crippen LogP contribution in [0.25, 0.3) is 0 Å². The number of halogens is 1. The quantitative estimate of drug-likeness (QED) is 0.745. The number of rotatable bonds is 4. The molecule has 0 aliphatic heterocycles. The monoisotopic (exact) mass is 379 g/mol. The highest BCUT2D eigenvalue weighted by molar-refractivity contribution is 9.10. The number of aromatic nitrogens is 3. The lowest BCUT2D eigenvalue weighted by Gasteiger charge is -2.21. The van der Waals surface area contributed by atoms with E-state index in [0.717, 1.165) is 10.0 Å². The van der Waals surface area contributed by atoms with Gasteiger partial charge in [0.25, 0.3) is 0 Å². The van der Waals surface area contributed by atoms with Gasteiger partial charge in [0.15, 0.2) is 5.69 Å². The van der Waals surface area contributed by atoms with E-state index in [2.05, 4.69) is 40.1 Å². The fourth-order valence-corrected chi connectivity index (χ4v) is 2.60. The Kier molecular flexibility index (Phi) is 5.24. The molecular formula is C17H22BrN3O2. The molecule has 0 radical (unpaired) electrons. The van der Waals surface area contributed by atoms with Crippen molar-refractivity contribution in [3.05, 3.63) is 46.2 Å². The molecule has 0 aliphatic carbocycles. The average Bonchev–Trinajstić information content (AvgIpc) is 2.88. The maximum Gasteiger partial charge on any atom is 0.361 e. The van der Waals surface area contributed by atoms with E-state index >= 15 is 0 Å². The number of nitrogens with zero attached hydrogens (tertiary/aromatic N) is 3. The maximum absolute atomic E-state index is 12.1. The summed E-state index contributed by atoms with van der Waals surface area (Å²) in [7, 11) is 0. The van der Waals surface area contributed by atoms with E-state index in [-0.39, 0.29) is 11.7 Å². The minimum Gasteiger partial charge on any atom is -0.455 e. The summed E-state index contributed by atoms with van der Waals surface area (Å²) in [5.41, 5.74) is 0.788. The van der Waals surface area contributed by atoms with Crippen LogP contribution in [0.5, 0.6) is 0 Å². The standard InChI is InChI=1S/C17H22BrN3O2/c1-11(2)15(12-6-8-13(18)9-7-12)21-10-14(19-20-21)16(22)23-17(3,4)5/h6-11,15H,1-5H3/t15-/m0/s1. The first-order valence-electron chi connectivity index (χ1n) is 7.58. The van der Waals surface area contributed by atoms with Crippen molar-refractivity contribution in [1.29, 1.82) is 0 Å². The van der Waals surface area contributed by atoms with Crippen LogP contribution < -0.4 is 0 Å². The molecule has 1 heterocycles. The first kappa shape index (κ1) is 17.7. The van der Waals surface area contributed by atoms with Gasteiger partial charge < -0.3 is 4.74 Å². The summed E-state index contributed by atoms with van der Waals surface area (Å²) in [6, 6.07) is 8.09. The second kappa shape index (κ2) is 6.83. The van der Waals surface area contributed by atoms with Crippen LogP contribution >= 0.6 is 15.9 Å². The van der Waals surface area contributed by atoms with Crippen molar-refractivity contribution >= 4 is 21.9 Å². The first-order valence-corrected chi connectivity index (χ1v) is 8.37. The summed E-state index contributed by atoms with van der Waals surface area (Å²) in [5, 5.41) is 8.12. The Morgan fingerprint density at radius 2 is 1.83 bits per heavy atom. The Bertz CT molecular complexity index is 672. The van der Waals surface area contributed by atoms with Gasteiger partial charge in [-0.15, -0.1) is 5.10 Å². The van der Waals surface area contributed by atoms with E-state index < -0.39 is 11.6 Å². The van der Waals surface area contributed by atoms with Crippen LogP contribution in [0.3, 0.4) is 0 Å². The largest absolute Gasteiger partial charge is 0.455 e. The number of hydrogen-bond donors (Lipinski definition) is 0. The fourth-order valence-electron chi connectivity index (χ4n) is 2.34. The molecule has 1 aromatic carbocycles. The summed E-state index contributed by atoms with van der Waals surface area (Å²) < 4.78 is 8.09. The van der Waals surface area contributed by atoms with Gasteiger partial charge >= 0.3 is 5.97 Å². The van der Waals surface area contributed by atoms with Gasteiger partial charge in [-0.3, -0.25) is 0 Å². The van der Waals surface area contributed by atoms with Crippen molar-refractivity contribution in [2.45, 2.75) is 46.3 Å². The summed E-state index contributed by atoms with van der Waals surface area (Å²) in [6.07, 6.45) is 1.65. The van der Waals surface area contributed by atoms with E-state index in [0.29, 0.717) is 5.92 Å². The van der Waals surface area contributed by atoms with Gasteiger partial charge in [0.05, 0.1) is 12.2 Å². The molecule has 0 spiro atoms. The molecule has 2 rings (SSSR count). The zero-order chi connectivity index (χ0) is 17.2. The smallest absolute Gasteiger partial charge is 0.361 e. The van der Waals surface area contributed by atoms with Gasteiger partial charge in [-0.25, -0.2) is 9.48 Å². The average molecular weight is 380 g/mol. The van der Waals surface area contributed by atoms with Gasteiger partial charge in [0, 0.05) is 4.47 Å². The third-order valence-corrected chi connectivity index (χ3v) is 3.77. The molecule has 0 fully saturated rings. The predicted molar refractivity (Wildman–Crippen MR) is 92.3 cm³/mol. The van der Waals surface area contributed by atoms with Crippen LogP contribution in [-0.2, 0) is 4.74 Å². The minimum atomic E-state index is -0.552. The van der Waals surface area contributed by atoms with Crippen molar-refractivity contribution in [2.75, 3.05) is 0 Å². The SMILES string of the molecule is CC(C)[C@@H](c1ccc(Br)cc1)n1cc(C(=O)OC(C)(C)C)nn1. The zero-order valence-electron chi connectivity index (χ0n) is 14.1. The van der Waals surface area contributed by atoms with Crippen LogP contribution in [0, 0.1) is 5.92 Å². The number of benzene rings is 1. The highest BCUT2D eigenvalue weighted by Gasteiger charge is 2.24. The van der Waals surface area contributed by atoms with Gasteiger partial charge in [-0.2, -0.15) is 0 Å². The normalized spacial score (nSPS) is 13.2. The van der Waals surface area contributed by atoms with Crippen molar-refractivity contribution < 1.29 is 9.53 Å². The molecule has 124 valence electrons. The van der Waals surface area contributed by atoms with E-state index in [1.54, 1.807) is 10.9 Å². The lowest BCUT2D eigenvalue weighted by atomic mass is 9.96. The Balaban J connectivity index is 2.28. The lowest BCUT2D eigenvalue weighted by Crippen LogP contribution is -2.24. The first-order chi connectivity index (χ1) is 10.7. The molecule has 23 heavy (non-hydrogen) atoms. The van der Waals surface area contributed by atoms with Crippen LogP contribution in [0.4, 0.5) is 0 Å². The number of carbonyl (C=O) groups excluding carboxylic acids is 1. The molecule has 2 aromatic rings. The molecule has 0 bridgehead atoms. The molecule has 5 nitrogen and oxygen atoms in total. The van der Waals surface area contributed by atoms with Gasteiger partial charge in [-0.05, 0) is 44.4 Å². The highest BCUT2D eigenvalue weighted by atomic mass is 79.9. The maximum atomic E-state index is 12.1. The molecule has 0 amide bonds. The predicted octanol–water partition coefficient (Wildman–Crippen LogP) is 4.24. The van der Waals surface area contributed by atoms with Crippen LogP contribution in [-0.4, -0.2) is 26.6 Å². The number of esters is 1. The molecule has 0 saturated heterocycles. The van der Waals surface area contributed by atoms with Crippen molar-refractivity contribution in [2.24, 2.45) is 5.92 Å². The van der Waals surface area contributed by atoms with Crippen molar-refractivity contribution in [3.63, 3.8) is 0 Å². The molecule has 0 unspecified atom stereocenters. The van der Waals surface area contributed by atoms with Crippen LogP contribution in [0.2, 0.25) is 0 Å². The third kappa shape index (κ3) is 4.64. The van der Waals surface area contributed by atoms with Gasteiger partial charge in [0.2, 0.25) is 0 Å². The molecule has 0 aliphatic rings. The van der Waals surface area contributed by atoms with Gasteiger partial charge in [-0.1, -0.05) is 47.1 Å². The topological polar surface area (TPSA) is 57.0 Å². The van der Waals surface area contributed by atoms with E-state index in [9.17, 15) is 4.79 Å². The van der Waals surface area contributed by atoms with Crippen LogP contribution in [0.1, 0.15) is 56.7 Å². The third-order valence-electron chi connectivity index (χ3n) is 3.25. The summed E-state index contributed by atoms with van der Waals surface area (Å²) >= 11 is 3.44. The molecule has 1 atom stereocenters. The Morgan fingerprint density at radius 1 is 1.22 bits per heavy atom. The minimum absolute atomic E-state index is 0.00628. The highest BCUT2D eigenvalue weighted by Crippen LogP contribution is 2.27. The second-order valence-electron chi connectivity index (χ2n) is 6.83. The van der Waals surface area contributed by atoms with E-state index in [4.69, 9.17) is 4.74 Å². The fraction of sp³-hybridized carbons (Fsp3) is 0.471. The second-order valence-corrected chi connectivity index (χ2v) is 7.74. The van der Waals surface area contributed by atoms with Crippen molar-refractivity contribution in [1.82, 2.24) is 15.0 Å². The Labute approximate surface area is 145 Å². The molecule has 0 saturated carbocycles. The Morgan fingerprint density at radius 3 is 2.35 bits per heavy atom. The lowest BCUT2D eigenvalue weighted by molar-refractivity contribution is 0.00627. The van der Waals surface area contributed by atoms with Crippen molar-refractivity contribution in [3.8, 4) is 0 Å². The zero-order valence-corrected chi connectivity index (χ0v) is 15.7. The number of carbonyl (C=O) groups is 1.